The third kappa shape index (κ3) is 4.92. The summed E-state index contributed by atoms with van der Waals surface area (Å²) in [6.07, 6.45) is 4.11. The van der Waals surface area contributed by atoms with Crippen molar-refractivity contribution in [1.29, 1.82) is 0 Å². The maximum atomic E-state index is 12.1. The molecule has 1 aliphatic heterocycles. The molecule has 0 unspecified atom stereocenters. The van der Waals surface area contributed by atoms with Gasteiger partial charge < -0.3 is 19.9 Å². The van der Waals surface area contributed by atoms with Crippen LogP contribution in [-0.2, 0) is 9.53 Å². The fraction of sp³-hybridized carbons (Fsp3) is 0.562. The summed E-state index contributed by atoms with van der Waals surface area (Å²) in [7, 11) is 1.64. The second-order valence-corrected chi connectivity index (χ2v) is 5.53. The van der Waals surface area contributed by atoms with Crippen molar-refractivity contribution in [2.45, 2.75) is 13.3 Å². The van der Waals surface area contributed by atoms with Crippen molar-refractivity contribution in [3.8, 4) is 0 Å². The lowest BCUT2D eigenvalue weighted by molar-refractivity contribution is -0.129. The first-order chi connectivity index (χ1) is 11.1. The third-order valence-corrected chi connectivity index (χ3v) is 3.89. The van der Waals surface area contributed by atoms with Gasteiger partial charge in [-0.15, -0.1) is 0 Å². The zero-order chi connectivity index (χ0) is 16.7. The van der Waals surface area contributed by atoms with Crippen LogP contribution < -0.4 is 10.2 Å². The zero-order valence-electron chi connectivity index (χ0n) is 13.7. The van der Waals surface area contributed by atoms with E-state index in [4.69, 9.17) is 4.74 Å². The van der Waals surface area contributed by atoms with E-state index in [9.17, 15) is 9.59 Å². The summed E-state index contributed by atoms with van der Waals surface area (Å²) in [6.45, 7) is 5.69. The van der Waals surface area contributed by atoms with Gasteiger partial charge in [0.15, 0.2) is 0 Å². The molecule has 7 nitrogen and oxygen atoms in total. The highest BCUT2D eigenvalue weighted by atomic mass is 16.5. The van der Waals surface area contributed by atoms with Crippen molar-refractivity contribution >= 4 is 17.5 Å². The minimum absolute atomic E-state index is 0.104. The van der Waals surface area contributed by atoms with Gasteiger partial charge in [0.1, 0.15) is 0 Å². The molecule has 2 rings (SSSR count). The Hall–Kier alpha value is -2.15. The predicted octanol–water partition coefficient (Wildman–Crippen LogP) is 0.516. The quantitative estimate of drug-likeness (QED) is 0.773. The van der Waals surface area contributed by atoms with Crippen molar-refractivity contribution in [3.63, 3.8) is 0 Å². The number of rotatable bonds is 6. The van der Waals surface area contributed by atoms with Crippen molar-refractivity contribution < 1.29 is 14.3 Å². The smallest absolute Gasteiger partial charge is 0.252 e. The molecule has 2 amide bonds. The summed E-state index contributed by atoms with van der Waals surface area (Å²) in [4.78, 5) is 31.6. The second kappa shape index (κ2) is 8.47. The number of nitrogens with zero attached hydrogens (tertiary/aromatic N) is 3. The van der Waals surface area contributed by atoms with Crippen LogP contribution in [0.25, 0.3) is 0 Å². The van der Waals surface area contributed by atoms with Crippen LogP contribution in [0.4, 0.5) is 5.69 Å². The fourth-order valence-electron chi connectivity index (χ4n) is 2.52. The molecule has 1 aliphatic rings. The van der Waals surface area contributed by atoms with E-state index >= 15 is 0 Å². The van der Waals surface area contributed by atoms with E-state index in [-0.39, 0.29) is 11.8 Å². The molecule has 0 aromatic carbocycles. The van der Waals surface area contributed by atoms with Gasteiger partial charge in [0.2, 0.25) is 5.91 Å². The van der Waals surface area contributed by atoms with Gasteiger partial charge in [0.05, 0.1) is 17.4 Å². The van der Waals surface area contributed by atoms with E-state index in [1.54, 1.807) is 26.4 Å². The predicted molar refractivity (Wildman–Crippen MR) is 87.5 cm³/mol. The molecule has 0 aliphatic carbocycles. The van der Waals surface area contributed by atoms with E-state index in [0.717, 1.165) is 25.2 Å². The number of piperazine rings is 1. The molecule has 1 fully saturated rings. The molecule has 1 N–H and O–H groups in total. The van der Waals surface area contributed by atoms with Crippen LogP contribution in [0.2, 0.25) is 0 Å². The van der Waals surface area contributed by atoms with Gasteiger partial charge >= 0.3 is 0 Å². The molecule has 2 heterocycles. The zero-order valence-corrected chi connectivity index (χ0v) is 13.7. The molecule has 23 heavy (non-hydrogen) atoms. The average molecular weight is 320 g/mol. The van der Waals surface area contributed by atoms with Crippen LogP contribution in [0.15, 0.2) is 18.5 Å². The second-order valence-electron chi connectivity index (χ2n) is 5.53. The van der Waals surface area contributed by atoms with Crippen LogP contribution in [0.1, 0.15) is 23.7 Å². The van der Waals surface area contributed by atoms with Gasteiger partial charge in [-0.1, -0.05) is 0 Å². The monoisotopic (exact) mass is 320 g/mol. The van der Waals surface area contributed by atoms with Crippen molar-refractivity contribution in [2.24, 2.45) is 0 Å². The number of pyridine rings is 1. The first-order valence-corrected chi connectivity index (χ1v) is 7.84. The van der Waals surface area contributed by atoms with Gasteiger partial charge in [-0.25, -0.2) is 0 Å². The van der Waals surface area contributed by atoms with Gasteiger partial charge in [0, 0.05) is 59.6 Å². The molecule has 1 aromatic rings. The van der Waals surface area contributed by atoms with Crippen LogP contribution in [0.3, 0.4) is 0 Å². The lowest BCUT2D eigenvalue weighted by atomic mass is 10.2. The summed E-state index contributed by atoms with van der Waals surface area (Å²) < 4.78 is 4.95. The Bertz CT molecular complexity index is 542. The number of carbonyl (C=O) groups excluding carboxylic acids is 2. The lowest BCUT2D eigenvalue weighted by Crippen LogP contribution is -2.48. The Kier molecular flexibility index (Phi) is 6.34. The normalized spacial score (nSPS) is 14.7. The number of ether oxygens (including phenoxy) is 1. The molecular formula is C16H24N4O3. The number of amides is 2. The largest absolute Gasteiger partial charge is 0.385 e. The maximum absolute atomic E-state index is 12.1. The molecule has 0 spiro atoms. The molecule has 126 valence electrons. The molecule has 0 bridgehead atoms. The third-order valence-electron chi connectivity index (χ3n) is 3.89. The Morgan fingerprint density at radius 1 is 1.26 bits per heavy atom. The number of methoxy groups -OCH3 is 1. The summed E-state index contributed by atoms with van der Waals surface area (Å²) in [5.74, 6) is -0.0233. The molecule has 7 heteroatoms. The van der Waals surface area contributed by atoms with Crippen molar-refractivity contribution in [1.82, 2.24) is 15.2 Å². The lowest BCUT2D eigenvalue weighted by Gasteiger charge is -2.35. The van der Waals surface area contributed by atoms with Gasteiger partial charge in [-0.3, -0.25) is 14.6 Å². The number of carbonyl (C=O) groups is 2. The summed E-state index contributed by atoms with van der Waals surface area (Å²) in [5.41, 5.74) is 1.46. The van der Waals surface area contributed by atoms with E-state index in [2.05, 4.69) is 15.2 Å². The molecule has 0 radical (unpaired) electrons. The Morgan fingerprint density at radius 3 is 2.65 bits per heavy atom. The van der Waals surface area contributed by atoms with E-state index in [1.165, 1.54) is 0 Å². The Labute approximate surface area is 136 Å². The number of hydrogen-bond acceptors (Lipinski definition) is 5. The van der Waals surface area contributed by atoms with Crippen LogP contribution >= 0.6 is 0 Å². The number of hydrogen-bond donors (Lipinski definition) is 1. The first-order valence-electron chi connectivity index (χ1n) is 7.84. The highest BCUT2D eigenvalue weighted by Crippen LogP contribution is 2.17. The van der Waals surface area contributed by atoms with E-state index < -0.39 is 0 Å². The summed E-state index contributed by atoms with van der Waals surface area (Å²) >= 11 is 0. The highest BCUT2D eigenvalue weighted by molar-refractivity contribution is 5.94. The fourth-order valence-corrected chi connectivity index (χ4v) is 2.52. The Balaban J connectivity index is 1.92. The van der Waals surface area contributed by atoms with Gasteiger partial charge in [-0.2, -0.15) is 0 Å². The first kappa shape index (κ1) is 17.2. The van der Waals surface area contributed by atoms with Gasteiger partial charge in [0.25, 0.3) is 5.91 Å². The van der Waals surface area contributed by atoms with E-state index in [1.807, 2.05) is 11.0 Å². The SMILES string of the molecule is COCCCNC(=O)c1cncc(N2CCN(C(C)=O)CC2)c1. The van der Waals surface area contributed by atoms with Crippen LogP contribution in [-0.4, -0.2) is 68.1 Å². The van der Waals surface area contributed by atoms with E-state index in [0.29, 0.717) is 31.8 Å². The molecule has 1 aromatic heterocycles. The standard InChI is InChI=1S/C16H24N4O3/c1-13(21)19-5-7-20(8-6-19)15-10-14(11-17-12-15)16(22)18-4-3-9-23-2/h10-12H,3-9H2,1-2H3,(H,18,22). The number of aromatic nitrogens is 1. The van der Waals surface area contributed by atoms with Crippen molar-refractivity contribution in [3.05, 3.63) is 24.0 Å². The molecule has 0 atom stereocenters. The van der Waals surface area contributed by atoms with Gasteiger partial charge in [-0.05, 0) is 12.5 Å². The maximum Gasteiger partial charge on any atom is 0.252 e. The minimum Gasteiger partial charge on any atom is -0.385 e. The molecule has 0 saturated carbocycles. The summed E-state index contributed by atoms with van der Waals surface area (Å²) in [5, 5.41) is 2.86. The summed E-state index contributed by atoms with van der Waals surface area (Å²) in [6, 6.07) is 1.85. The Morgan fingerprint density at radius 2 is 2.00 bits per heavy atom. The number of nitrogens with one attached hydrogen (secondary N) is 1. The molecular weight excluding hydrogens is 296 g/mol. The molecule has 1 saturated heterocycles. The van der Waals surface area contributed by atoms with Crippen LogP contribution in [0, 0.1) is 0 Å². The van der Waals surface area contributed by atoms with Crippen molar-refractivity contribution in [2.75, 3.05) is 51.3 Å². The number of anilines is 1. The van der Waals surface area contributed by atoms with Crippen LogP contribution in [0.5, 0.6) is 0 Å². The highest BCUT2D eigenvalue weighted by Gasteiger charge is 2.19. The topological polar surface area (TPSA) is 74.8 Å². The average Bonchev–Trinajstić information content (AvgIpc) is 2.59. The minimum atomic E-state index is -0.127.